The SMILES string of the molecule is COc1ncc(OC(C)C)cc1Cc1cc2cc(Br)ccc2nc1OC. The van der Waals surface area contributed by atoms with Gasteiger partial charge in [-0.2, -0.15) is 0 Å². The minimum Gasteiger partial charge on any atom is -0.489 e. The third kappa shape index (κ3) is 4.07. The van der Waals surface area contributed by atoms with Gasteiger partial charge in [-0.05, 0) is 44.2 Å². The number of hydrogen-bond donors (Lipinski definition) is 0. The molecular formula is C20H21BrN2O3. The molecule has 0 unspecified atom stereocenters. The highest BCUT2D eigenvalue weighted by molar-refractivity contribution is 9.10. The number of benzene rings is 1. The second-order valence-corrected chi connectivity index (χ2v) is 7.09. The van der Waals surface area contributed by atoms with Gasteiger partial charge in [0.15, 0.2) is 0 Å². The topological polar surface area (TPSA) is 53.5 Å². The lowest BCUT2D eigenvalue weighted by Gasteiger charge is -2.14. The lowest BCUT2D eigenvalue weighted by molar-refractivity contribution is 0.240. The van der Waals surface area contributed by atoms with Crippen LogP contribution in [-0.2, 0) is 6.42 Å². The van der Waals surface area contributed by atoms with Gasteiger partial charge >= 0.3 is 0 Å². The molecule has 0 N–H and O–H groups in total. The van der Waals surface area contributed by atoms with E-state index in [-0.39, 0.29) is 6.10 Å². The molecule has 0 amide bonds. The number of aromatic nitrogens is 2. The van der Waals surface area contributed by atoms with E-state index in [2.05, 4.69) is 32.0 Å². The van der Waals surface area contributed by atoms with E-state index in [1.165, 1.54) is 0 Å². The van der Waals surface area contributed by atoms with Crippen LogP contribution in [0, 0.1) is 0 Å². The quantitative estimate of drug-likeness (QED) is 0.578. The van der Waals surface area contributed by atoms with Crippen molar-refractivity contribution in [2.75, 3.05) is 14.2 Å². The number of nitrogens with zero attached hydrogens (tertiary/aromatic N) is 2. The molecule has 0 radical (unpaired) electrons. The van der Waals surface area contributed by atoms with Crippen molar-refractivity contribution in [3.8, 4) is 17.5 Å². The van der Waals surface area contributed by atoms with Crippen LogP contribution in [0.3, 0.4) is 0 Å². The van der Waals surface area contributed by atoms with Crippen LogP contribution in [0.25, 0.3) is 10.9 Å². The molecule has 0 aliphatic heterocycles. The first-order valence-corrected chi connectivity index (χ1v) is 9.12. The van der Waals surface area contributed by atoms with E-state index in [4.69, 9.17) is 14.2 Å². The zero-order valence-electron chi connectivity index (χ0n) is 15.2. The first-order valence-electron chi connectivity index (χ1n) is 8.33. The van der Waals surface area contributed by atoms with Gasteiger partial charge in [-0.25, -0.2) is 9.97 Å². The third-order valence-corrected chi connectivity index (χ3v) is 4.35. The zero-order chi connectivity index (χ0) is 18.7. The van der Waals surface area contributed by atoms with Crippen LogP contribution in [0.2, 0.25) is 0 Å². The van der Waals surface area contributed by atoms with Crippen LogP contribution in [0.5, 0.6) is 17.5 Å². The normalized spacial score (nSPS) is 11.0. The van der Waals surface area contributed by atoms with Gasteiger partial charge in [0.05, 0.1) is 32.0 Å². The molecule has 0 aliphatic carbocycles. The third-order valence-electron chi connectivity index (χ3n) is 3.86. The molecule has 2 heterocycles. The van der Waals surface area contributed by atoms with Crippen molar-refractivity contribution >= 4 is 26.8 Å². The number of fused-ring (bicyclic) bond motifs is 1. The Kier molecular flexibility index (Phi) is 5.61. The Balaban J connectivity index is 2.04. The van der Waals surface area contributed by atoms with Crippen molar-refractivity contribution in [1.82, 2.24) is 9.97 Å². The van der Waals surface area contributed by atoms with Crippen molar-refractivity contribution in [2.24, 2.45) is 0 Å². The summed E-state index contributed by atoms with van der Waals surface area (Å²) in [6, 6.07) is 10.0. The highest BCUT2D eigenvalue weighted by Crippen LogP contribution is 2.30. The molecule has 2 aromatic heterocycles. The molecule has 6 heteroatoms. The first-order chi connectivity index (χ1) is 12.5. The smallest absolute Gasteiger partial charge is 0.217 e. The molecule has 0 atom stereocenters. The summed E-state index contributed by atoms with van der Waals surface area (Å²) in [4.78, 5) is 8.98. The molecular weight excluding hydrogens is 396 g/mol. The van der Waals surface area contributed by atoms with Crippen LogP contribution < -0.4 is 14.2 Å². The summed E-state index contributed by atoms with van der Waals surface area (Å²) >= 11 is 3.51. The molecule has 0 fully saturated rings. The van der Waals surface area contributed by atoms with Crippen molar-refractivity contribution in [3.05, 3.63) is 52.1 Å². The van der Waals surface area contributed by atoms with Crippen LogP contribution >= 0.6 is 15.9 Å². The van der Waals surface area contributed by atoms with Gasteiger partial charge in [-0.3, -0.25) is 0 Å². The van der Waals surface area contributed by atoms with E-state index < -0.39 is 0 Å². The Labute approximate surface area is 161 Å². The monoisotopic (exact) mass is 416 g/mol. The summed E-state index contributed by atoms with van der Waals surface area (Å²) in [5.74, 6) is 1.88. The van der Waals surface area contributed by atoms with Gasteiger partial charge < -0.3 is 14.2 Å². The number of rotatable bonds is 6. The molecule has 1 aromatic carbocycles. The van der Waals surface area contributed by atoms with Crippen LogP contribution in [0.1, 0.15) is 25.0 Å². The summed E-state index contributed by atoms with van der Waals surface area (Å²) in [7, 11) is 3.24. The number of ether oxygens (including phenoxy) is 3. The van der Waals surface area contributed by atoms with Crippen molar-refractivity contribution in [3.63, 3.8) is 0 Å². The number of hydrogen-bond acceptors (Lipinski definition) is 5. The fourth-order valence-corrected chi connectivity index (χ4v) is 3.18. The molecule has 0 spiro atoms. The lowest BCUT2D eigenvalue weighted by atomic mass is 10.0. The minimum atomic E-state index is 0.0762. The van der Waals surface area contributed by atoms with Crippen LogP contribution in [0.15, 0.2) is 41.0 Å². The summed E-state index contributed by atoms with van der Waals surface area (Å²) in [5.41, 5.74) is 2.76. The highest BCUT2D eigenvalue weighted by Gasteiger charge is 2.14. The van der Waals surface area contributed by atoms with E-state index in [1.807, 2.05) is 38.1 Å². The maximum absolute atomic E-state index is 5.76. The van der Waals surface area contributed by atoms with E-state index in [0.29, 0.717) is 23.9 Å². The van der Waals surface area contributed by atoms with Gasteiger partial charge in [0, 0.05) is 27.4 Å². The average Bonchev–Trinajstić information content (AvgIpc) is 2.61. The predicted octanol–water partition coefficient (Wildman–Crippen LogP) is 4.79. The molecule has 5 nitrogen and oxygen atoms in total. The van der Waals surface area contributed by atoms with Crippen molar-refractivity contribution in [2.45, 2.75) is 26.4 Å². The molecule has 3 rings (SSSR count). The second kappa shape index (κ2) is 7.91. The molecule has 0 saturated carbocycles. The number of halogens is 1. The summed E-state index contributed by atoms with van der Waals surface area (Å²) in [5, 5.41) is 1.04. The second-order valence-electron chi connectivity index (χ2n) is 6.18. The van der Waals surface area contributed by atoms with Gasteiger partial charge in [0.25, 0.3) is 0 Å². The maximum atomic E-state index is 5.76. The van der Waals surface area contributed by atoms with Gasteiger partial charge in [0.2, 0.25) is 11.8 Å². The van der Waals surface area contributed by atoms with Gasteiger partial charge in [0.1, 0.15) is 5.75 Å². The Hall–Kier alpha value is -2.34. The maximum Gasteiger partial charge on any atom is 0.217 e. The molecule has 26 heavy (non-hydrogen) atoms. The fraction of sp³-hybridized carbons (Fsp3) is 0.300. The predicted molar refractivity (Wildman–Crippen MR) is 105 cm³/mol. The molecule has 0 aliphatic rings. The largest absolute Gasteiger partial charge is 0.489 e. The van der Waals surface area contributed by atoms with E-state index in [1.54, 1.807) is 20.4 Å². The number of pyridine rings is 2. The molecule has 136 valence electrons. The Bertz CT molecular complexity index is 928. The standard InChI is InChI=1S/C20H21BrN2O3/c1-12(2)26-17-10-15(19(24-3)22-11-17)8-14-7-13-9-16(21)5-6-18(13)23-20(14)25-4/h5-7,9-12H,8H2,1-4H3. The zero-order valence-corrected chi connectivity index (χ0v) is 16.8. The number of methoxy groups -OCH3 is 2. The van der Waals surface area contributed by atoms with E-state index >= 15 is 0 Å². The molecule has 3 aromatic rings. The summed E-state index contributed by atoms with van der Waals surface area (Å²) in [6.07, 6.45) is 2.33. The van der Waals surface area contributed by atoms with E-state index in [9.17, 15) is 0 Å². The summed E-state index contributed by atoms with van der Waals surface area (Å²) in [6.45, 7) is 3.97. The Morgan fingerprint density at radius 2 is 1.73 bits per heavy atom. The highest BCUT2D eigenvalue weighted by atomic mass is 79.9. The van der Waals surface area contributed by atoms with Crippen molar-refractivity contribution in [1.29, 1.82) is 0 Å². The minimum absolute atomic E-state index is 0.0762. The molecule has 0 bridgehead atoms. The van der Waals surface area contributed by atoms with Gasteiger partial charge in [-0.15, -0.1) is 0 Å². The van der Waals surface area contributed by atoms with Crippen LogP contribution in [-0.4, -0.2) is 30.3 Å². The van der Waals surface area contributed by atoms with E-state index in [0.717, 1.165) is 26.5 Å². The first kappa shape index (κ1) is 18.5. The average molecular weight is 417 g/mol. The van der Waals surface area contributed by atoms with Crippen molar-refractivity contribution < 1.29 is 14.2 Å². The lowest BCUT2D eigenvalue weighted by Crippen LogP contribution is -2.07. The van der Waals surface area contributed by atoms with Gasteiger partial charge in [-0.1, -0.05) is 15.9 Å². The summed E-state index contributed by atoms with van der Waals surface area (Å²) < 4.78 is 17.7. The fourth-order valence-electron chi connectivity index (χ4n) is 2.80. The Morgan fingerprint density at radius 3 is 2.42 bits per heavy atom. The Morgan fingerprint density at radius 1 is 1.00 bits per heavy atom. The van der Waals surface area contributed by atoms with Crippen LogP contribution in [0.4, 0.5) is 0 Å². The molecule has 0 saturated heterocycles.